The molecule has 1 heterocycles. The summed E-state index contributed by atoms with van der Waals surface area (Å²) < 4.78 is 34.5. The number of nitrogens with zero attached hydrogens (tertiary/aromatic N) is 2. The molecule has 3 aromatic rings. The summed E-state index contributed by atoms with van der Waals surface area (Å²) in [7, 11) is -2.61. The van der Waals surface area contributed by atoms with Crippen LogP contribution in [0.1, 0.15) is 78.2 Å². The third kappa shape index (κ3) is 9.00. The SMILES string of the molecule is CC(C)[Si](O[C@@H]([C@H](OCc1ccccc1)[C@H]1OC(C)(C)O[C@@H]1/C(O)=C/[N+]#N)[C@H](OCc1ccccc1)c1ccccc1)(C(C)C)C(C)C. The highest BCUT2D eigenvalue weighted by atomic mass is 28.4. The van der Waals surface area contributed by atoms with Crippen molar-refractivity contribution in [2.45, 2.75) is 122 Å². The van der Waals surface area contributed by atoms with Crippen molar-refractivity contribution in [3.05, 3.63) is 125 Å². The van der Waals surface area contributed by atoms with Gasteiger partial charge in [-0.3, -0.25) is 0 Å². The Hall–Kier alpha value is -3.36. The van der Waals surface area contributed by atoms with Crippen LogP contribution < -0.4 is 0 Å². The smallest absolute Gasteiger partial charge is 0.390 e. The summed E-state index contributed by atoms with van der Waals surface area (Å²) in [5.74, 6) is -1.36. The third-order valence-electron chi connectivity index (χ3n) is 9.29. The third-order valence-corrected chi connectivity index (χ3v) is 15.4. The molecule has 3 aromatic carbocycles. The molecule has 1 N–H and O–H groups in total. The topological polar surface area (TPSA) is 94.5 Å². The van der Waals surface area contributed by atoms with Crippen LogP contribution in [0, 0.1) is 5.39 Å². The zero-order valence-electron chi connectivity index (χ0n) is 29.7. The van der Waals surface area contributed by atoms with Gasteiger partial charge in [0.25, 0.3) is 0 Å². The van der Waals surface area contributed by atoms with E-state index in [0.717, 1.165) is 22.9 Å². The second kappa shape index (κ2) is 16.8. The Morgan fingerprint density at radius 1 is 0.792 bits per heavy atom. The lowest BCUT2D eigenvalue weighted by atomic mass is 9.94. The Morgan fingerprint density at radius 2 is 1.27 bits per heavy atom. The predicted molar refractivity (Wildman–Crippen MR) is 191 cm³/mol. The molecule has 0 bridgehead atoms. The molecule has 0 unspecified atom stereocenters. The second-order valence-electron chi connectivity index (χ2n) is 14.0. The van der Waals surface area contributed by atoms with Crippen LogP contribution in [0.5, 0.6) is 0 Å². The molecule has 0 amide bonds. The van der Waals surface area contributed by atoms with Gasteiger partial charge in [0.05, 0.1) is 13.2 Å². The fourth-order valence-corrected chi connectivity index (χ4v) is 12.8. The summed E-state index contributed by atoms with van der Waals surface area (Å²) in [5, 5.41) is 20.5. The summed E-state index contributed by atoms with van der Waals surface area (Å²) in [4.78, 5) is 3.10. The van der Waals surface area contributed by atoms with Gasteiger partial charge in [0.1, 0.15) is 24.4 Å². The number of hydrogen-bond donors (Lipinski definition) is 1. The fourth-order valence-electron chi connectivity index (χ4n) is 7.26. The van der Waals surface area contributed by atoms with Gasteiger partial charge in [0, 0.05) is 0 Å². The van der Waals surface area contributed by atoms with Crippen LogP contribution in [0.4, 0.5) is 0 Å². The lowest BCUT2D eigenvalue weighted by molar-refractivity contribution is -0.186. The largest absolute Gasteiger partial charge is 0.503 e. The quantitative estimate of drug-likeness (QED) is 0.0919. The molecule has 0 aliphatic carbocycles. The molecule has 8 nitrogen and oxygen atoms in total. The van der Waals surface area contributed by atoms with Crippen molar-refractivity contribution in [3.8, 4) is 0 Å². The minimum atomic E-state index is -2.61. The first kappa shape index (κ1) is 37.5. The highest BCUT2D eigenvalue weighted by Crippen LogP contribution is 2.47. The van der Waals surface area contributed by atoms with Gasteiger partial charge >= 0.3 is 6.20 Å². The highest BCUT2D eigenvalue weighted by molar-refractivity contribution is 6.77. The lowest BCUT2D eigenvalue weighted by Crippen LogP contribution is -2.57. The van der Waals surface area contributed by atoms with Crippen LogP contribution in [0.25, 0.3) is 4.98 Å². The Labute approximate surface area is 287 Å². The number of rotatable bonds is 16. The first-order valence-electron chi connectivity index (χ1n) is 17.0. The van der Waals surface area contributed by atoms with Gasteiger partial charge in [-0.2, -0.15) is 0 Å². The summed E-state index contributed by atoms with van der Waals surface area (Å²) in [5.41, 5.74) is 3.72. The molecule has 9 heteroatoms. The van der Waals surface area contributed by atoms with Crippen LogP contribution in [-0.4, -0.2) is 43.6 Å². The molecule has 5 atom stereocenters. The van der Waals surface area contributed by atoms with Crippen LogP contribution >= 0.6 is 0 Å². The summed E-state index contributed by atoms with van der Waals surface area (Å²) in [6.07, 6.45) is -2.95. The van der Waals surface area contributed by atoms with E-state index in [2.05, 4.69) is 58.7 Å². The minimum absolute atomic E-state index is 0.257. The van der Waals surface area contributed by atoms with Crippen molar-refractivity contribution in [1.29, 1.82) is 5.39 Å². The molecule has 0 spiro atoms. The minimum Gasteiger partial charge on any atom is -0.503 e. The average Bonchev–Trinajstić information content (AvgIpc) is 3.39. The molecule has 1 fully saturated rings. The molecule has 0 saturated carbocycles. The lowest BCUT2D eigenvalue weighted by Gasteiger charge is -2.48. The van der Waals surface area contributed by atoms with Crippen molar-refractivity contribution in [2.24, 2.45) is 0 Å². The van der Waals surface area contributed by atoms with Gasteiger partial charge in [0.2, 0.25) is 19.5 Å². The van der Waals surface area contributed by atoms with Gasteiger partial charge in [-0.1, -0.05) is 133 Å². The molecular weight excluding hydrogens is 621 g/mol. The van der Waals surface area contributed by atoms with E-state index in [1.165, 1.54) is 0 Å². The van der Waals surface area contributed by atoms with Gasteiger partial charge in [-0.25, -0.2) is 0 Å². The Bertz CT molecular complexity index is 1450. The number of hydrogen-bond acceptors (Lipinski definition) is 7. The fraction of sp³-hybridized carbons (Fsp3) is 0.487. The van der Waals surface area contributed by atoms with E-state index in [9.17, 15) is 10.5 Å². The van der Waals surface area contributed by atoms with Crippen molar-refractivity contribution in [1.82, 2.24) is 0 Å². The van der Waals surface area contributed by atoms with E-state index in [4.69, 9.17) is 23.4 Å². The zero-order valence-corrected chi connectivity index (χ0v) is 30.7. The summed E-state index contributed by atoms with van der Waals surface area (Å²) in [6, 6.07) is 30.1. The van der Waals surface area contributed by atoms with Crippen molar-refractivity contribution < 1.29 is 28.5 Å². The molecule has 1 aliphatic heterocycles. The van der Waals surface area contributed by atoms with E-state index < -0.39 is 44.6 Å². The van der Waals surface area contributed by atoms with Gasteiger partial charge in [0.15, 0.2) is 16.9 Å². The van der Waals surface area contributed by atoms with E-state index in [-0.39, 0.29) is 29.0 Å². The number of diazo groups is 1. The normalized spacial score (nSPS) is 20.2. The molecule has 4 rings (SSSR count). The Kier molecular flexibility index (Phi) is 13.1. The second-order valence-corrected chi connectivity index (χ2v) is 19.4. The average molecular weight is 674 g/mol. The standard InChI is InChI=1S/C39H52N2O6Si/c1-27(2)48(28(3)4,29(5)6)47-38(34(32-22-16-11-17-23-32)43-25-30-18-12-9-13-19-30)36(44-26-31-20-14-10-15-21-31)37-35(33(42)24-41-40)45-39(7,8)46-37/h9-24,27-29,34-38H,25-26H2,1-8H3/p+1/b33-24-/t34-,35-,36-,37+,38-/m1/s1. The number of ether oxygens (including phenoxy) is 4. The molecular formula is C39H53N2O6Si+. The van der Waals surface area contributed by atoms with Gasteiger partial charge < -0.3 is 28.5 Å². The van der Waals surface area contributed by atoms with E-state index >= 15 is 0 Å². The van der Waals surface area contributed by atoms with Crippen LogP contribution in [-0.2, 0) is 36.6 Å². The van der Waals surface area contributed by atoms with Gasteiger partial charge in [-0.05, 0) is 47.2 Å². The molecule has 0 aromatic heterocycles. The van der Waals surface area contributed by atoms with E-state index in [0.29, 0.717) is 6.61 Å². The molecule has 1 aliphatic rings. The highest BCUT2D eigenvalue weighted by Gasteiger charge is 2.56. The van der Waals surface area contributed by atoms with Crippen LogP contribution in [0.15, 0.2) is 103 Å². The zero-order chi connectivity index (χ0) is 34.9. The first-order chi connectivity index (χ1) is 22.9. The predicted octanol–water partition coefficient (Wildman–Crippen LogP) is 9.86. The summed E-state index contributed by atoms with van der Waals surface area (Å²) in [6.45, 7) is 17.7. The first-order valence-corrected chi connectivity index (χ1v) is 19.2. The Morgan fingerprint density at radius 3 is 1.75 bits per heavy atom. The number of aliphatic hydroxyl groups is 1. The maximum atomic E-state index is 11.2. The van der Waals surface area contributed by atoms with E-state index in [1.807, 2.05) is 78.9 Å². The van der Waals surface area contributed by atoms with Crippen molar-refractivity contribution >= 4 is 8.32 Å². The van der Waals surface area contributed by atoms with Gasteiger partial charge in [-0.15, -0.1) is 0 Å². The summed E-state index contributed by atoms with van der Waals surface area (Å²) >= 11 is 0. The Balaban J connectivity index is 1.94. The van der Waals surface area contributed by atoms with Crippen LogP contribution in [0.2, 0.25) is 16.6 Å². The molecule has 258 valence electrons. The van der Waals surface area contributed by atoms with Crippen LogP contribution in [0.3, 0.4) is 0 Å². The number of aliphatic hydroxyl groups excluding tert-OH is 1. The maximum Gasteiger partial charge on any atom is 0.390 e. The van der Waals surface area contributed by atoms with Crippen molar-refractivity contribution in [3.63, 3.8) is 0 Å². The molecule has 48 heavy (non-hydrogen) atoms. The number of benzene rings is 3. The van der Waals surface area contributed by atoms with E-state index in [1.54, 1.807) is 13.8 Å². The monoisotopic (exact) mass is 673 g/mol. The molecule has 0 radical (unpaired) electrons. The van der Waals surface area contributed by atoms with Crippen molar-refractivity contribution in [2.75, 3.05) is 0 Å². The molecule has 1 saturated heterocycles. The maximum absolute atomic E-state index is 11.2.